The first-order valence-corrected chi connectivity index (χ1v) is 6.53. The Balaban J connectivity index is 3.21. The van der Waals surface area contributed by atoms with Crippen LogP contribution in [0.2, 0.25) is 0 Å². The van der Waals surface area contributed by atoms with Crippen molar-refractivity contribution in [3.8, 4) is 0 Å². The zero-order valence-corrected chi connectivity index (χ0v) is 10.8. The molecule has 0 N–H and O–H groups in total. The van der Waals surface area contributed by atoms with E-state index >= 15 is 0 Å². The third-order valence-electron chi connectivity index (χ3n) is 3.07. The van der Waals surface area contributed by atoms with E-state index in [9.17, 15) is 4.79 Å². The Morgan fingerprint density at radius 1 is 1.19 bits per heavy atom. The van der Waals surface area contributed by atoms with E-state index in [-0.39, 0.29) is 5.97 Å². The fourth-order valence-electron chi connectivity index (χ4n) is 1.82. The summed E-state index contributed by atoms with van der Waals surface area (Å²) < 4.78 is 4.90. The lowest BCUT2D eigenvalue weighted by molar-refractivity contribution is -0.137. The number of unbranched alkanes of at least 4 members (excludes halogenated alkanes) is 3. The molecule has 0 saturated carbocycles. The molecule has 94 valence electrons. The second kappa shape index (κ2) is 10.7. The van der Waals surface area contributed by atoms with Gasteiger partial charge in [-0.15, -0.1) is 0 Å². The second-order valence-electron chi connectivity index (χ2n) is 4.26. The van der Waals surface area contributed by atoms with Gasteiger partial charge in [0.2, 0.25) is 0 Å². The Labute approximate surface area is 100 Å². The highest BCUT2D eigenvalue weighted by Crippen LogP contribution is 2.16. The van der Waals surface area contributed by atoms with E-state index in [1.807, 2.05) is 0 Å². The van der Waals surface area contributed by atoms with Crippen LogP contribution in [0.5, 0.6) is 0 Å². The first kappa shape index (κ1) is 15.2. The van der Waals surface area contributed by atoms with E-state index in [4.69, 9.17) is 4.74 Å². The van der Waals surface area contributed by atoms with Gasteiger partial charge in [0.25, 0.3) is 0 Å². The summed E-state index contributed by atoms with van der Waals surface area (Å²) in [5.74, 6) is 0.593. The topological polar surface area (TPSA) is 26.3 Å². The molecule has 0 saturated heterocycles. The minimum Gasteiger partial charge on any atom is -0.463 e. The van der Waals surface area contributed by atoms with Crippen molar-refractivity contribution in [2.24, 2.45) is 5.92 Å². The summed E-state index contributed by atoms with van der Waals surface area (Å²) >= 11 is 0. The maximum Gasteiger partial charge on any atom is 0.330 e. The summed E-state index contributed by atoms with van der Waals surface area (Å²) in [6, 6.07) is 0. The highest BCUT2D eigenvalue weighted by atomic mass is 16.5. The number of hydrogen-bond donors (Lipinski definition) is 0. The molecular formula is C14H26O2. The van der Waals surface area contributed by atoms with Gasteiger partial charge in [0.15, 0.2) is 0 Å². The Morgan fingerprint density at radius 3 is 2.38 bits per heavy atom. The summed E-state index contributed by atoms with van der Waals surface area (Å²) in [4.78, 5) is 10.7. The zero-order chi connectivity index (χ0) is 12.2. The lowest BCUT2D eigenvalue weighted by Crippen LogP contribution is -2.01. The molecule has 0 heterocycles. The number of hydrogen-bond acceptors (Lipinski definition) is 2. The molecule has 0 aromatic heterocycles. The molecule has 0 bridgehead atoms. The first-order valence-electron chi connectivity index (χ1n) is 6.53. The van der Waals surface area contributed by atoms with Crippen molar-refractivity contribution in [2.45, 2.75) is 58.8 Å². The summed E-state index contributed by atoms with van der Waals surface area (Å²) in [6.45, 7) is 8.42. The molecule has 0 aromatic rings. The number of rotatable bonds is 10. The Kier molecular flexibility index (Phi) is 10.2. The minimum absolute atomic E-state index is 0.308. The van der Waals surface area contributed by atoms with Gasteiger partial charge >= 0.3 is 5.97 Å². The molecule has 0 radical (unpaired) electrons. The molecule has 2 nitrogen and oxygen atoms in total. The van der Waals surface area contributed by atoms with E-state index in [1.54, 1.807) is 0 Å². The second-order valence-corrected chi connectivity index (χ2v) is 4.26. The van der Waals surface area contributed by atoms with Crippen LogP contribution in [0, 0.1) is 5.92 Å². The fourth-order valence-corrected chi connectivity index (χ4v) is 1.82. The zero-order valence-electron chi connectivity index (χ0n) is 10.8. The lowest BCUT2D eigenvalue weighted by Gasteiger charge is -2.11. The van der Waals surface area contributed by atoms with Crippen molar-refractivity contribution < 1.29 is 9.53 Å². The molecule has 0 aliphatic heterocycles. The van der Waals surface area contributed by atoms with Gasteiger partial charge in [-0.3, -0.25) is 0 Å². The van der Waals surface area contributed by atoms with Crippen LogP contribution in [0.15, 0.2) is 12.7 Å². The molecule has 0 amide bonds. The van der Waals surface area contributed by atoms with E-state index in [2.05, 4.69) is 20.4 Å². The van der Waals surface area contributed by atoms with E-state index in [0.29, 0.717) is 6.61 Å². The van der Waals surface area contributed by atoms with Crippen LogP contribution in [0.1, 0.15) is 58.8 Å². The molecule has 0 fully saturated rings. The van der Waals surface area contributed by atoms with Gasteiger partial charge in [-0.25, -0.2) is 4.79 Å². The molecule has 0 spiro atoms. The Bertz CT molecular complexity index is 183. The van der Waals surface area contributed by atoms with Crippen molar-refractivity contribution >= 4 is 5.97 Å². The highest BCUT2D eigenvalue weighted by Gasteiger charge is 2.02. The van der Waals surface area contributed by atoms with Gasteiger partial charge in [0, 0.05) is 6.08 Å². The van der Waals surface area contributed by atoms with Gasteiger partial charge in [0.05, 0.1) is 6.61 Å². The number of ether oxygens (including phenoxy) is 1. The van der Waals surface area contributed by atoms with E-state index in [1.165, 1.54) is 38.2 Å². The third-order valence-corrected chi connectivity index (χ3v) is 3.07. The molecule has 0 unspecified atom stereocenters. The largest absolute Gasteiger partial charge is 0.463 e. The number of carbonyl (C=O) groups is 1. The van der Waals surface area contributed by atoms with Crippen LogP contribution in [0.25, 0.3) is 0 Å². The Morgan fingerprint density at radius 2 is 1.81 bits per heavy atom. The SMILES string of the molecule is C=CC(=O)OCCCCCCC(CC)CC. The average Bonchev–Trinajstić information content (AvgIpc) is 2.32. The smallest absolute Gasteiger partial charge is 0.330 e. The minimum atomic E-state index is -0.308. The van der Waals surface area contributed by atoms with Crippen LogP contribution in [0.3, 0.4) is 0 Å². The predicted octanol–water partition coefficient (Wildman–Crippen LogP) is 4.10. The van der Waals surface area contributed by atoms with Crippen LogP contribution in [-0.2, 0) is 9.53 Å². The fraction of sp³-hybridized carbons (Fsp3) is 0.786. The maximum atomic E-state index is 10.7. The molecule has 0 aromatic carbocycles. The predicted molar refractivity (Wildman–Crippen MR) is 68.3 cm³/mol. The van der Waals surface area contributed by atoms with Crippen LogP contribution < -0.4 is 0 Å². The van der Waals surface area contributed by atoms with Crippen molar-refractivity contribution in [1.82, 2.24) is 0 Å². The summed E-state index contributed by atoms with van der Waals surface area (Å²) in [6.07, 6.45) is 9.85. The van der Waals surface area contributed by atoms with Gasteiger partial charge in [-0.1, -0.05) is 59.0 Å². The molecule has 16 heavy (non-hydrogen) atoms. The summed E-state index contributed by atoms with van der Waals surface area (Å²) in [5.41, 5.74) is 0. The first-order chi connectivity index (χ1) is 7.74. The van der Waals surface area contributed by atoms with Gasteiger partial charge in [-0.2, -0.15) is 0 Å². The molecule has 0 aliphatic carbocycles. The summed E-state index contributed by atoms with van der Waals surface area (Å²) in [7, 11) is 0. The van der Waals surface area contributed by atoms with Crippen molar-refractivity contribution in [2.75, 3.05) is 6.61 Å². The van der Waals surface area contributed by atoms with E-state index < -0.39 is 0 Å². The molecule has 0 atom stereocenters. The molecule has 0 rings (SSSR count). The third kappa shape index (κ3) is 8.51. The number of esters is 1. The quantitative estimate of drug-likeness (QED) is 0.318. The van der Waals surface area contributed by atoms with Crippen LogP contribution in [-0.4, -0.2) is 12.6 Å². The lowest BCUT2D eigenvalue weighted by atomic mass is 9.96. The van der Waals surface area contributed by atoms with E-state index in [0.717, 1.165) is 18.8 Å². The van der Waals surface area contributed by atoms with Gasteiger partial charge in [-0.05, 0) is 12.3 Å². The molecule has 2 heteroatoms. The van der Waals surface area contributed by atoms with Crippen LogP contribution in [0.4, 0.5) is 0 Å². The van der Waals surface area contributed by atoms with Crippen molar-refractivity contribution in [3.05, 3.63) is 12.7 Å². The van der Waals surface area contributed by atoms with Crippen LogP contribution >= 0.6 is 0 Å². The maximum absolute atomic E-state index is 10.7. The van der Waals surface area contributed by atoms with Gasteiger partial charge in [0.1, 0.15) is 0 Å². The highest BCUT2D eigenvalue weighted by molar-refractivity contribution is 5.81. The monoisotopic (exact) mass is 226 g/mol. The summed E-state index contributed by atoms with van der Waals surface area (Å²) in [5, 5.41) is 0. The molecular weight excluding hydrogens is 200 g/mol. The average molecular weight is 226 g/mol. The normalized spacial score (nSPS) is 10.4. The standard InChI is InChI=1S/C14H26O2/c1-4-13(5-2)11-9-7-8-10-12-16-14(15)6-3/h6,13H,3-5,7-12H2,1-2H3. The van der Waals surface area contributed by atoms with Crippen molar-refractivity contribution in [3.63, 3.8) is 0 Å². The molecule has 0 aliphatic rings. The van der Waals surface area contributed by atoms with Crippen molar-refractivity contribution in [1.29, 1.82) is 0 Å². The number of carbonyl (C=O) groups excluding carboxylic acids is 1. The van der Waals surface area contributed by atoms with Gasteiger partial charge < -0.3 is 4.74 Å². The Hall–Kier alpha value is -0.790.